The Kier molecular flexibility index (Phi) is 21.3. The van der Waals surface area contributed by atoms with E-state index in [-0.39, 0.29) is 60.0 Å². The number of carbonyl (C=O) groups is 4. The fourth-order valence-corrected chi connectivity index (χ4v) is 10.7. The molecule has 3 aliphatic heterocycles. The number of hydrogen-bond acceptors (Lipinski definition) is 12. The summed E-state index contributed by atoms with van der Waals surface area (Å²) in [5, 5.41) is 34.0. The molecule has 0 aromatic rings. The molecule has 64 heavy (non-hydrogen) atoms. The van der Waals surface area contributed by atoms with Gasteiger partial charge in [-0.15, -0.1) is 0 Å². The molecule has 1 aliphatic carbocycles. The smallest absolute Gasteiger partial charge is 0.329 e. The molecule has 3 N–H and O–H groups in total. The van der Waals surface area contributed by atoms with Crippen molar-refractivity contribution in [2.75, 3.05) is 27.9 Å². The minimum Gasteiger partial charge on any atom is -0.461 e. The average molecular weight is 902 g/mol. The highest BCUT2D eigenvalue weighted by Crippen LogP contribution is 2.38. The number of methoxy groups -OCH3 is 3. The zero-order chi connectivity index (χ0) is 47.3. The van der Waals surface area contributed by atoms with Crippen LogP contribution in [0.5, 0.6) is 0 Å². The summed E-state index contributed by atoms with van der Waals surface area (Å²) in [6, 6.07) is -1.01. The number of piperidine rings is 1. The largest absolute Gasteiger partial charge is 0.461 e. The standard InChI is InChI=1S/C51H83NO12/c1-31-16-12-11-13-17-33(3)43(60-8)30-39-22-20-37(7)51(59,64-39)48(56)49(57)52-25-15-14-18-40(52)50(58)63-42(34(4)28-38-21-23-41(53)44(29-38)61-9)24-19-32(2)27-36(6)46(55)47(62-10)45(54)35(5)26-31/h11-13,16-17,31-32,34-44,46-47,53,55,59H,14-15,18-30H2,1-10H3/b13-11?,16-12+,33-17?/t31-,32+,34-,35-,36?,37-,38+,39+,40+,41-,42+,43+,44-,46-,47+,51-/m1/s1. The van der Waals surface area contributed by atoms with Crippen molar-refractivity contribution < 1.29 is 58.2 Å². The van der Waals surface area contributed by atoms with Crippen LogP contribution in [0, 0.1) is 41.4 Å². The van der Waals surface area contributed by atoms with E-state index in [1.165, 1.54) is 12.0 Å². The fraction of sp³-hybridized carbons (Fsp3) is 0.804. The van der Waals surface area contributed by atoms with E-state index < -0.39 is 65.9 Å². The summed E-state index contributed by atoms with van der Waals surface area (Å²) < 4.78 is 29.7. The molecule has 364 valence electrons. The van der Waals surface area contributed by atoms with Gasteiger partial charge >= 0.3 is 5.97 Å². The van der Waals surface area contributed by atoms with Crippen LogP contribution in [0.3, 0.4) is 0 Å². The van der Waals surface area contributed by atoms with Gasteiger partial charge in [0.25, 0.3) is 11.7 Å². The summed E-state index contributed by atoms with van der Waals surface area (Å²) in [6.45, 7) is 13.8. The molecule has 2 saturated heterocycles. The van der Waals surface area contributed by atoms with Crippen molar-refractivity contribution in [2.45, 2.75) is 193 Å². The van der Waals surface area contributed by atoms with Crippen molar-refractivity contribution >= 4 is 23.4 Å². The van der Waals surface area contributed by atoms with Crippen LogP contribution in [0.2, 0.25) is 0 Å². The molecule has 3 fully saturated rings. The van der Waals surface area contributed by atoms with Crippen LogP contribution in [0.4, 0.5) is 0 Å². The van der Waals surface area contributed by atoms with Gasteiger partial charge in [-0.3, -0.25) is 14.4 Å². The second-order valence-corrected chi connectivity index (χ2v) is 20.2. The Labute approximate surface area is 383 Å². The molecule has 3 heterocycles. The lowest BCUT2D eigenvalue weighted by atomic mass is 9.78. The van der Waals surface area contributed by atoms with E-state index in [0.29, 0.717) is 77.0 Å². The minimum absolute atomic E-state index is 0.0792. The number of aliphatic hydroxyl groups excluding tert-OH is 2. The number of hydrogen-bond donors (Lipinski definition) is 3. The Morgan fingerprint density at radius 3 is 2.25 bits per heavy atom. The number of amides is 1. The number of rotatable bonds is 6. The molecule has 0 spiro atoms. The van der Waals surface area contributed by atoms with Crippen LogP contribution in [0.25, 0.3) is 0 Å². The number of fused-ring (bicyclic) bond motifs is 3. The topological polar surface area (TPSA) is 178 Å². The van der Waals surface area contributed by atoms with Gasteiger partial charge in [0.15, 0.2) is 5.78 Å². The molecule has 1 unspecified atom stereocenters. The first-order valence-corrected chi connectivity index (χ1v) is 24.3. The van der Waals surface area contributed by atoms with Gasteiger partial charge in [0, 0.05) is 46.1 Å². The lowest BCUT2D eigenvalue weighted by Gasteiger charge is -2.42. The van der Waals surface area contributed by atoms with Crippen molar-refractivity contribution in [3.8, 4) is 0 Å². The van der Waals surface area contributed by atoms with Crippen molar-refractivity contribution in [1.29, 1.82) is 0 Å². The van der Waals surface area contributed by atoms with E-state index in [4.69, 9.17) is 23.7 Å². The van der Waals surface area contributed by atoms with Crippen LogP contribution in [-0.4, -0.2) is 126 Å². The number of nitrogens with zero attached hydrogens (tertiary/aromatic N) is 1. The van der Waals surface area contributed by atoms with Gasteiger partial charge in [0.1, 0.15) is 18.2 Å². The van der Waals surface area contributed by atoms with Gasteiger partial charge in [-0.2, -0.15) is 0 Å². The van der Waals surface area contributed by atoms with E-state index in [1.54, 1.807) is 21.1 Å². The van der Waals surface area contributed by atoms with Crippen LogP contribution >= 0.6 is 0 Å². The molecular formula is C51H83NO12. The van der Waals surface area contributed by atoms with Gasteiger partial charge in [0.2, 0.25) is 5.79 Å². The predicted molar refractivity (Wildman–Crippen MR) is 245 cm³/mol. The first-order chi connectivity index (χ1) is 30.3. The Morgan fingerprint density at radius 2 is 1.56 bits per heavy atom. The first kappa shape index (κ1) is 53.8. The first-order valence-electron chi connectivity index (χ1n) is 24.3. The van der Waals surface area contributed by atoms with Crippen LogP contribution in [0.1, 0.15) is 138 Å². The maximum atomic E-state index is 14.4. The number of aliphatic hydroxyl groups is 3. The van der Waals surface area contributed by atoms with E-state index in [1.807, 2.05) is 51.2 Å². The highest BCUT2D eigenvalue weighted by atomic mass is 16.6. The predicted octanol–water partition coefficient (Wildman–Crippen LogP) is 7.08. The van der Waals surface area contributed by atoms with Gasteiger partial charge in [-0.05, 0) is 126 Å². The monoisotopic (exact) mass is 902 g/mol. The molecule has 4 aliphatic rings. The molecule has 4 rings (SSSR count). The van der Waals surface area contributed by atoms with E-state index in [0.717, 1.165) is 18.4 Å². The number of Topliss-reactive ketones (excluding diaryl/α,β-unsaturated/α-hetero) is 2. The number of ether oxygens (including phenoxy) is 5. The molecule has 0 radical (unpaired) electrons. The minimum atomic E-state index is -2.37. The summed E-state index contributed by atoms with van der Waals surface area (Å²) >= 11 is 0. The van der Waals surface area contributed by atoms with E-state index in [2.05, 4.69) is 20.8 Å². The second-order valence-electron chi connectivity index (χ2n) is 20.2. The lowest BCUT2D eigenvalue weighted by molar-refractivity contribution is -0.265. The van der Waals surface area contributed by atoms with Crippen molar-refractivity contribution in [3.05, 3.63) is 36.0 Å². The quantitative estimate of drug-likeness (QED) is 0.183. The molecule has 13 heteroatoms. The Bertz CT molecular complexity index is 1610. The van der Waals surface area contributed by atoms with Gasteiger partial charge in [0.05, 0.1) is 30.5 Å². The zero-order valence-corrected chi connectivity index (χ0v) is 40.6. The SMILES string of the molecule is CO[C@H]1C[C@@H]2CC[C@@H](C)[C@@](O)(O2)C(=O)C(=O)N2CCCC[C@H]2C(=O)O[C@H]([C@H](C)C[C@@H]2CC[C@@H](O)[C@H](OC)C2)CC[C@H](C)CC(C)[C@@H](O)[C@@H](OC)C(=O)[C@H](C)C[C@H](C)/C=C/C=CC=C1C. The molecule has 2 bridgehead atoms. The number of esters is 1. The van der Waals surface area contributed by atoms with E-state index in [9.17, 15) is 34.5 Å². The normalized spacial score (nSPS) is 40.0. The van der Waals surface area contributed by atoms with Crippen molar-refractivity contribution in [3.63, 3.8) is 0 Å². The number of cyclic esters (lactones) is 1. The molecule has 0 aromatic heterocycles. The van der Waals surface area contributed by atoms with Crippen LogP contribution < -0.4 is 0 Å². The maximum absolute atomic E-state index is 14.4. The fourth-order valence-electron chi connectivity index (χ4n) is 10.7. The van der Waals surface area contributed by atoms with Crippen LogP contribution in [-0.2, 0) is 42.9 Å². The van der Waals surface area contributed by atoms with Gasteiger partial charge < -0.3 is 43.9 Å². The van der Waals surface area contributed by atoms with Gasteiger partial charge in [-0.1, -0.05) is 71.9 Å². The highest BCUT2D eigenvalue weighted by Gasteiger charge is 2.53. The highest BCUT2D eigenvalue weighted by molar-refractivity contribution is 6.39. The Balaban J connectivity index is 1.65. The second kappa shape index (κ2) is 25.4. The summed E-state index contributed by atoms with van der Waals surface area (Å²) in [7, 11) is 4.68. The molecule has 16 atom stereocenters. The zero-order valence-electron chi connectivity index (χ0n) is 40.6. The molecule has 13 nitrogen and oxygen atoms in total. The third-order valence-electron chi connectivity index (χ3n) is 14.9. The third-order valence-corrected chi connectivity index (χ3v) is 14.9. The van der Waals surface area contributed by atoms with Crippen molar-refractivity contribution in [2.24, 2.45) is 41.4 Å². The Hall–Kier alpha value is -2.78. The van der Waals surface area contributed by atoms with E-state index >= 15 is 0 Å². The van der Waals surface area contributed by atoms with Crippen LogP contribution in [0.15, 0.2) is 36.0 Å². The van der Waals surface area contributed by atoms with Crippen molar-refractivity contribution in [1.82, 2.24) is 4.90 Å². The number of allylic oxidation sites excluding steroid dienone is 5. The average Bonchev–Trinajstić information content (AvgIpc) is 3.27. The Morgan fingerprint density at radius 1 is 0.828 bits per heavy atom. The number of ketones is 2. The summed E-state index contributed by atoms with van der Waals surface area (Å²) in [5.41, 5.74) is 0.906. The summed E-state index contributed by atoms with van der Waals surface area (Å²) in [5.74, 6) is -6.03. The van der Waals surface area contributed by atoms with Gasteiger partial charge in [-0.25, -0.2) is 4.79 Å². The summed E-state index contributed by atoms with van der Waals surface area (Å²) in [6.07, 6.45) is 13.7. The lowest BCUT2D eigenvalue weighted by Crippen LogP contribution is -2.61. The molecular weight excluding hydrogens is 819 g/mol. The summed E-state index contributed by atoms with van der Waals surface area (Å²) in [4.78, 5) is 57.8. The molecule has 1 amide bonds. The third kappa shape index (κ3) is 14.4. The number of carbonyl (C=O) groups excluding carboxylic acids is 4. The molecule has 1 saturated carbocycles. The molecule has 0 aromatic carbocycles. The maximum Gasteiger partial charge on any atom is 0.329 e.